The first kappa shape index (κ1) is 13.4. The predicted octanol–water partition coefficient (Wildman–Crippen LogP) is 1.66. The Morgan fingerprint density at radius 2 is 2.00 bits per heavy atom. The fourth-order valence-corrected chi connectivity index (χ4v) is 1.70. The van der Waals surface area contributed by atoms with Crippen LogP contribution in [0, 0.1) is 6.92 Å². The molecule has 1 heterocycles. The summed E-state index contributed by atoms with van der Waals surface area (Å²) in [6.07, 6.45) is 1.29. The van der Waals surface area contributed by atoms with Crippen LogP contribution in [0.25, 0.3) is 0 Å². The van der Waals surface area contributed by atoms with E-state index >= 15 is 0 Å². The fourth-order valence-electron chi connectivity index (χ4n) is 1.70. The van der Waals surface area contributed by atoms with Crippen LogP contribution in [0.2, 0.25) is 0 Å². The lowest BCUT2D eigenvalue weighted by Crippen LogP contribution is -2.28. The second-order valence-corrected chi connectivity index (χ2v) is 4.39. The monoisotopic (exact) mass is 259 g/mol. The topological polar surface area (TPSA) is 55.6 Å². The minimum atomic E-state index is -0.562. The van der Waals surface area contributed by atoms with Crippen molar-refractivity contribution >= 4 is 5.82 Å². The minimum Gasteiger partial charge on any atom is -0.491 e. The average molecular weight is 259 g/mol. The predicted molar refractivity (Wildman–Crippen MR) is 74.2 cm³/mol. The second-order valence-electron chi connectivity index (χ2n) is 4.39. The molecular weight excluding hydrogens is 240 g/mol. The van der Waals surface area contributed by atoms with E-state index in [-0.39, 0.29) is 6.61 Å². The lowest BCUT2D eigenvalue weighted by molar-refractivity contribution is -0.361. The molecule has 0 unspecified atom stereocenters. The Kier molecular flexibility index (Phi) is 4.75. The fraction of sp³-hybridized carbons (Fsp3) is 0.267. The molecule has 4 nitrogen and oxygen atoms in total. The van der Waals surface area contributed by atoms with Gasteiger partial charge in [0.05, 0.1) is 6.20 Å². The normalized spacial score (nSPS) is 11.9. The Morgan fingerprint density at radius 3 is 2.74 bits per heavy atom. The third-order valence-electron chi connectivity index (χ3n) is 2.76. The molecule has 0 aliphatic heterocycles. The molecule has 100 valence electrons. The number of pyridine rings is 1. The number of nitrogens with one attached hydrogen (secondary N) is 2. The van der Waals surface area contributed by atoms with E-state index in [4.69, 9.17) is 4.74 Å². The maximum Gasteiger partial charge on any atom is 0.275 e. The Morgan fingerprint density at radius 1 is 1.21 bits per heavy atom. The van der Waals surface area contributed by atoms with Crippen LogP contribution in [-0.4, -0.2) is 24.4 Å². The number of para-hydroxylation sites is 1. The van der Waals surface area contributed by atoms with E-state index in [2.05, 4.69) is 10.3 Å². The summed E-state index contributed by atoms with van der Waals surface area (Å²) < 4.78 is 5.49. The van der Waals surface area contributed by atoms with Crippen molar-refractivity contribution in [1.82, 2.24) is 0 Å². The third kappa shape index (κ3) is 4.26. The Balaban J connectivity index is 1.76. The highest BCUT2D eigenvalue weighted by atomic mass is 16.5. The van der Waals surface area contributed by atoms with Gasteiger partial charge in [0.2, 0.25) is 0 Å². The molecule has 0 amide bonds. The third-order valence-corrected chi connectivity index (χ3v) is 2.76. The van der Waals surface area contributed by atoms with Gasteiger partial charge in [-0.3, -0.25) is 5.32 Å². The molecule has 2 aromatic rings. The van der Waals surface area contributed by atoms with Crippen molar-refractivity contribution in [3.63, 3.8) is 0 Å². The first-order valence-electron chi connectivity index (χ1n) is 6.33. The number of anilines is 1. The van der Waals surface area contributed by atoms with E-state index in [1.807, 2.05) is 55.6 Å². The van der Waals surface area contributed by atoms with E-state index in [1.54, 1.807) is 0 Å². The van der Waals surface area contributed by atoms with Gasteiger partial charge >= 0.3 is 0 Å². The van der Waals surface area contributed by atoms with Gasteiger partial charge in [-0.05, 0) is 31.2 Å². The smallest absolute Gasteiger partial charge is 0.275 e. The summed E-state index contributed by atoms with van der Waals surface area (Å²) in [4.78, 5) is 3.10. The van der Waals surface area contributed by atoms with Gasteiger partial charge in [-0.2, -0.15) is 0 Å². The van der Waals surface area contributed by atoms with Crippen LogP contribution in [0.15, 0.2) is 48.7 Å². The summed E-state index contributed by atoms with van der Waals surface area (Å²) >= 11 is 0. The van der Waals surface area contributed by atoms with Gasteiger partial charge in [0.25, 0.3) is 5.82 Å². The van der Waals surface area contributed by atoms with E-state index in [1.165, 1.54) is 0 Å². The molecular formula is C15H19N2O2+. The van der Waals surface area contributed by atoms with Crippen molar-refractivity contribution in [2.24, 2.45) is 0 Å². The highest BCUT2D eigenvalue weighted by Crippen LogP contribution is 2.09. The van der Waals surface area contributed by atoms with E-state index in [0.717, 1.165) is 17.1 Å². The number of aromatic nitrogens is 1. The van der Waals surface area contributed by atoms with Crippen LogP contribution >= 0.6 is 0 Å². The van der Waals surface area contributed by atoms with E-state index in [0.29, 0.717) is 6.54 Å². The van der Waals surface area contributed by atoms with Crippen LogP contribution < -0.4 is 15.0 Å². The molecule has 1 atom stereocenters. The molecule has 1 aromatic heterocycles. The summed E-state index contributed by atoms with van der Waals surface area (Å²) in [6, 6.07) is 13.4. The zero-order valence-corrected chi connectivity index (χ0v) is 11.0. The van der Waals surface area contributed by atoms with Crippen molar-refractivity contribution < 1.29 is 14.8 Å². The summed E-state index contributed by atoms with van der Waals surface area (Å²) in [5, 5.41) is 13.0. The van der Waals surface area contributed by atoms with Gasteiger partial charge in [-0.1, -0.05) is 18.2 Å². The Labute approximate surface area is 113 Å². The standard InChI is InChI=1S/C15H18N2O2/c1-12-6-5-9-16-15(12)17-10-13(18)11-19-14-7-3-2-4-8-14/h2-9,13,18H,10-11H2,1H3,(H,16,17)/p+1/t13-/m1/s1. The quantitative estimate of drug-likeness (QED) is 0.829. The first-order valence-corrected chi connectivity index (χ1v) is 6.33. The van der Waals surface area contributed by atoms with E-state index in [9.17, 15) is 5.11 Å². The van der Waals surface area contributed by atoms with Gasteiger partial charge in [0.15, 0.2) is 0 Å². The Hall–Kier alpha value is -2.07. The number of hydrogen-bond acceptors (Lipinski definition) is 3. The summed E-state index contributed by atoms with van der Waals surface area (Å²) in [6.45, 7) is 2.71. The zero-order chi connectivity index (χ0) is 13.5. The molecule has 0 radical (unpaired) electrons. The van der Waals surface area contributed by atoms with Gasteiger partial charge < -0.3 is 9.84 Å². The molecule has 0 fully saturated rings. The average Bonchev–Trinajstić information content (AvgIpc) is 2.45. The number of aliphatic hydroxyl groups excluding tert-OH is 1. The number of aromatic amines is 1. The SMILES string of the molecule is Cc1ccc[nH+]c1NC[C@@H](O)COc1ccccc1. The van der Waals surface area contributed by atoms with Crippen molar-refractivity contribution in [2.75, 3.05) is 18.5 Å². The van der Waals surface area contributed by atoms with Crippen molar-refractivity contribution in [3.05, 3.63) is 54.2 Å². The lowest BCUT2D eigenvalue weighted by Gasteiger charge is -2.11. The van der Waals surface area contributed by atoms with Crippen LogP contribution in [0.4, 0.5) is 5.82 Å². The maximum absolute atomic E-state index is 9.86. The summed E-state index contributed by atoms with van der Waals surface area (Å²) in [7, 11) is 0. The molecule has 0 saturated heterocycles. The zero-order valence-electron chi connectivity index (χ0n) is 11.0. The summed E-state index contributed by atoms with van der Waals surface area (Å²) in [5.41, 5.74) is 1.11. The molecule has 0 bridgehead atoms. The molecule has 1 aromatic carbocycles. The maximum atomic E-state index is 9.86. The number of aryl methyl sites for hydroxylation is 1. The highest BCUT2D eigenvalue weighted by molar-refractivity contribution is 5.37. The highest BCUT2D eigenvalue weighted by Gasteiger charge is 2.10. The number of H-pyrrole nitrogens is 1. The minimum absolute atomic E-state index is 0.267. The van der Waals surface area contributed by atoms with Crippen molar-refractivity contribution in [2.45, 2.75) is 13.0 Å². The van der Waals surface area contributed by atoms with Gasteiger partial charge in [0, 0.05) is 5.56 Å². The molecule has 0 aliphatic carbocycles. The molecule has 2 rings (SSSR count). The summed E-state index contributed by atoms with van der Waals surface area (Å²) in [5.74, 6) is 1.69. The van der Waals surface area contributed by atoms with Crippen molar-refractivity contribution in [1.29, 1.82) is 0 Å². The number of aliphatic hydroxyl groups is 1. The van der Waals surface area contributed by atoms with Crippen LogP contribution in [0.3, 0.4) is 0 Å². The number of hydrogen-bond donors (Lipinski definition) is 2. The first-order chi connectivity index (χ1) is 9.25. The van der Waals surface area contributed by atoms with Gasteiger partial charge in [-0.15, -0.1) is 0 Å². The largest absolute Gasteiger partial charge is 0.491 e. The van der Waals surface area contributed by atoms with Crippen LogP contribution in [0.5, 0.6) is 5.75 Å². The molecule has 0 saturated carbocycles. The van der Waals surface area contributed by atoms with Gasteiger partial charge in [0.1, 0.15) is 25.0 Å². The molecule has 19 heavy (non-hydrogen) atoms. The Bertz CT molecular complexity index is 503. The molecule has 0 spiro atoms. The second kappa shape index (κ2) is 6.75. The van der Waals surface area contributed by atoms with Crippen molar-refractivity contribution in [3.8, 4) is 5.75 Å². The molecule has 3 N–H and O–H groups in total. The molecule has 0 aliphatic rings. The number of ether oxygens (including phenoxy) is 1. The van der Waals surface area contributed by atoms with Crippen LogP contribution in [-0.2, 0) is 0 Å². The number of rotatable bonds is 6. The van der Waals surface area contributed by atoms with E-state index < -0.39 is 6.10 Å². The lowest BCUT2D eigenvalue weighted by atomic mass is 10.3. The number of benzene rings is 1. The molecule has 4 heteroatoms. The van der Waals surface area contributed by atoms with Crippen LogP contribution in [0.1, 0.15) is 5.56 Å². The van der Waals surface area contributed by atoms with Gasteiger partial charge in [-0.25, -0.2) is 4.98 Å².